The molecule has 0 spiro atoms. The Morgan fingerprint density at radius 2 is 2.00 bits per heavy atom. The highest BCUT2D eigenvalue weighted by molar-refractivity contribution is 9.10. The maximum Gasteiger partial charge on any atom is 0.119 e. The minimum absolute atomic E-state index is 0.423. The molecular formula is C17H16BrNO. The first-order valence-electron chi connectivity index (χ1n) is 6.96. The molecule has 5 rings (SSSR count). The molecule has 2 aromatic carbocycles. The van der Waals surface area contributed by atoms with Crippen LogP contribution in [0, 0.1) is 0 Å². The Kier molecular flexibility index (Phi) is 2.86. The minimum atomic E-state index is 0.423. The predicted octanol–water partition coefficient (Wildman–Crippen LogP) is 3.79. The van der Waals surface area contributed by atoms with E-state index < -0.39 is 0 Å². The second kappa shape index (κ2) is 4.61. The summed E-state index contributed by atoms with van der Waals surface area (Å²) in [6.07, 6.45) is 1.07. The van der Waals surface area contributed by atoms with Crippen LogP contribution in [0.25, 0.3) is 0 Å². The average molecular weight is 330 g/mol. The van der Waals surface area contributed by atoms with Crippen molar-refractivity contribution >= 4 is 15.9 Å². The summed E-state index contributed by atoms with van der Waals surface area (Å²) in [4.78, 5) is 0. The molecule has 2 aromatic rings. The fourth-order valence-electron chi connectivity index (χ4n) is 3.53. The third kappa shape index (κ3) is 1.80. The van der Waals surface area contributed by atoms with E-state index in [0.29, 0.717) is 12.0 Å². The summed E-state index contributed by atoms with van der Waals surface area (Å²) >= 11 is 3.61. The molecule has 2 heterocycles. The van der Waals surface area contributed by atoms with Gasteiger partial charge in [-0.25, -0.2) is 0 Å². The molecule has 0 radical (unpaired) electrons. The molecule has 2 bridgehead atoms. The van der Waals surface area contributed by atoms with Crippen LogP contribution in [0.1, 0.15) is 34.2 Å². The van der Waals surface area contributed by atoms with Crippen LogP contribution < -0.4 is 10.1 Å². The number of nitrogens with one attached hydrogen (secondary N) is 1. The van der Waals surface area contributed by atoms with Gasteiger partial charge in [0.25, 0.3) is 0 Å². The van der Waals surface area contributed by atoms with Crippen molar-refractivity contribution in [2.75, 3.05) is 13.7 Å². The third-order valence-corrected chi connectivity index (χ3v) is 5.01. The van der Waals surface area contributed by atoms with Gasteiger partial charge in [-0.1, -0.05) is 28.1 Å². The zero-order valence-electron chi connectivity index (χ0n) is 11.3. The first-order chi connectivity index (χ1) is 9.76. The second-order valence-corrected chi connectivity index (χ2v) is 6.47. The molecule has 2 aliphatic heterocycles. The van der Waals surface area contributed by atoms with Gasteiger partial charge in [0.2, 0.25) is 0 Å². The van der Waals surface area contributed by atoms with E-state index in [-0.39, 0.29) is 0 Å². The summed E-state index contributed by atoms with van der Waals surface area (Å²) in [6.45, 7) is 1.01. The maximum atomic E-state index is 5.41. The highest BCUT2D eigenvalue weighted by Crippen LogP contribution is 2.43. The van der Waals surface area contributed by atoms with Crippen LogP contribution in [-0.2, 0) is 6.42 Å². The molecular weight excluding hydrogens is 314 g/mol. The number of rotatable bonds is 1. The molecule has 20 heavy (non-hydrogen) atoms. The lowest BCUT2D eigenvalue weighted by Crippen LogP contribution is -2.31. The minimum Gasteiger partial charge on any atom is -0.497 e. The molecule has 1 N–H and O–H groups in total. The lowest BCUT2D eigenvalue weighted by atomic mass is 9.85. The van der Waals surface area contributed by atoms with Crippen molar-refractivity contribution in [1.82, 2.24) is 5.32 Å². The van der Waals surface area contributed by atoms with Crippen LogP contribution in [-0.4, -0.2) is 13.7 Å². The molecule has 0 saturated carbocycles. The Balaban J connectivity index is 1.94. The fraction of sp³-hybridized carbons (Fsp3) is 0.294. The number of halogens is 1. The molecule has 102 valence electrons. The van der Waals surface area contributed by atoms with Crippen LogP contribution in [0.5, 0.6) is 5.75 Å². The van der Waals surface area contributed by atoms with Gasteiger partial charge in [-0.15, -0.1) is 0 Å². The third-order valence-electron chi connectivity index (χ3n) is 4.52. The summed E-state index contributed by atoms with van der Waals surface area (Å²) in [7, 11) is 1.74. The van der Waals surface area contributed by atoms with Gasteiger partial charge >= 0.3 is 0 Å². The Hall–Kier alpha value is -1.32. The number of ether oxygens (including phenoxy) is 1. The van der Waals surface area contributed by atoms with E-state index in [2.05, 4.69) is 57.6 Å². The zero-order chi connectivity index (χ0) is 13.7. The lowest BCUT2D eigenvalue weighted by molar-refractivity contribution is 0.411. The Labute approximate surface area is 127 Å². The van der Waals surface area contributed by atoms with Crippen molar-refractivity contribution in [2.45, 2.75) is 18.4 Å². The second-order valence-electron chi connectivity index (χ2n) is 5.56. The predicted molar refractivity (Wildman–Crippen MR) is 83.4 cm³/mol. The van der Waals surface area contributed by atoms with Gasteiger partial charge in [-0.3, -0.25) is 0 Å². The fourth-order valence-corrected chi connectivity index (χ4v) is 3.91. The van der Waals surface area contributed by atoms with Gasteiger partial charge in [-0.2, -0.15) is 0 Å². The molecule has 1 aliphatic carbocycles. The van der Waals surface area contributed by atoms with Gasteiger partial charge in [0.15, 0.2) is 0 Å². The van der Waals surface area contributed by atoms with Crippen LogP contribution in [0.4, 0.5) is 0 Å². The monoisotopic (exact) mass is 329 g/mol. The summed E-state index contributed by atoms with van der Waals surface area (Å²) in [5.41, 5.74) is 5.75. The van der Waals surface area contributed by atoms with E-state index in [1.54, 1.807) is 7.11 Å². The van der Waals surface area contributed by atoms with Gasteiger partial charge in [0.05, 0.1) is 7.11 Å². The van der Waals surface area contributed by atoms with Crippen molar-refractivity contribution < 1.29 is 4.74 Å². The quantitative estimate of drug-likeness (QED) is 0.859. The highest BCUT2D eigenvalue weighted by Gasteiger charge is 2.33. The Bertz CT molecular complexity index is 683. The molecule has 2 unspecified atom stereocenters. The van der Waals surface area contributed by atoms with Crippen LogP contribution in [0.15, 0.2) is 40.9 Å². The standard InChI is InChI=1S/C17H16BrNO/c1-20-12-4-5-13-15(8-12)16-9-19-17(13)6-10-2-3-11(18)7-14(10)16/h2-5,7-8,16-17,19H,6,9H2,1H3. The molecule has 3 heteroatoms. The van der Waals surface area contributed by atoms with Crippen molar-refractivity contribution in [1.29, 1.82) is 0 Å². The summed E-state index contributed by atoms with van der Waals surface area (Å²) in [6, 6.07) is 13.6. The molecule has 2 nitrogen and oxygen atoms in total. The van der Waals surface area contributed by atoms with Crippen LogP contribution in [0.3, 0.4) is 0 Å². The number of fused-ring (bicyclic) bond motifs is 1. The molecule has 0 amide bonds. The molecule has 2 atom stereocenters. The van der Waals surface area contributed by atoms with Crippen molar-refractivity contribution in [3.8, 4) is 5.75 Å². The van der Waals surface area contributed by atoms with Gasteiger partial charge in [0.1, 0.15) is 5.75 Å². The Morgan fingerprint density at radius 1 is 1.10 bits per heavy atom. The van der Waals surface area contributed by atoms with E-state index in [0.717, 1.165) is 23.2 Å². The first-order valence-corrected chi connectivity index (χ1v) is 7.75. The average Bonchev–Trinajstić information content (AvgIpc) is 2.73. The topological polar surface area (TPSA) is 21.3 Å². The van der Waals surface area contributed by atoms with Gasteiger partial charge in [0, 0.05) is 23.0 Å². The van der Waals surface area contributed by atoms with E-state index in [9.17, 15) is 0 Å². The van der Waals surface area contributed by atoms with Crippen molar-refractivity contribution in [3.05, 3.63) is 63.1 Å². The molecule has 0 saturated heterocycles. The van der Waals surface area contributed by atoms with E-state index >= 15 is 0 Å². The molecule has 0 aromatic heterocycles. The molecule has 0 fully saturated rings. The Morgan fingerprint density at radius 3 is 2.85 bits per heavy atom. The SMILES string of the molecule is COc1ccc2c(c1)C1CNC2Cc2ccc(Br)cc21. The zero-order valence-corrected chi connectivity index (χ0v) is 12.9. The number of benzene rings is 2. The van der Waals surface area contributed by atoms with Crippen molar-refractivity contribution in [2.24, 2.45) is 0 Å². The number of hydrogen-bond acceptors (Lipinski definition) is 2. The van der Waals surface area contributed by atoms with Crippen molar-refractivity contribution in [3.63, 3.8) is 0 Å². The van der Waals surface area contributed by atoms with Crippen LogP contribution in [0.2, 0.25) is 0 Å². The summed E-state index contributed by atoms with van der Waals surface area (Å²) < 4.78 is 6.57. The highest BCUT2D eigenvalue weighted by atomic mass is 79.9. The lowest BCUT2D eigenvalue weighted by Gasteiger charge is -2.29. The number of hydrogen-bond donors (Lipinski definition) is 1. The normalized spacial score (nSPS) is 22.9. The van der Waals surface area contributed by atoms with E-state index in [1.807, 2.05) is 0 Å². The van der Waals surface area contributed by atoms with Gasteiger partial charge < -0.3 is 10.1 Å². The van der Waals surface area contributed by atoms with Gasteiger partial charge in [-0.05, 0) is 52.9 Å². The largest absolute Gasteiger partial charge is 0.497 e. The summed E-state index contributed by atoms with van der Waals surface area (Å²) in [5, 5.41) is 3.68. The first kappa shape index (κ1) is 12.4. The smallest absolute Gasteiger partial charge is 0.119 e. The van der Waals surface area contributed by atoms with E-state index in [4.69, 9.17) is 4.74 Å². The number of methoxy groups -OCH3 is 1. The maximum absolute atomic E-state index is 5.41. The van der Waals surface area contributed by atoms with Crippen LogP contribution >= 0.6 is 15.9 Å². The molecule has 3 aliphatic rings. The van der Waals surface area contributed by atoms with E-state index in [1.165, 1.54) is 22.3 Å². The summed E-state index contributed by atoms with van der Waals surface area (Å²) in [5.74, 6) is 1.37.